The lowest BCUT2D eigenvalue weighted by atomic mass is 9.87. The standard InChI is InChI=1S/C96H97N6O4/c1-57(2)39-43-103-69-51-67(52-70(55-69)104-44-40-58(3)4)93-81-35-31-77(97-81)91(65-47-61(9)89(62(10)48-65)95-73-23-15-19-27-85(73)101(13)86-28-20-16-24-74(86)95)79-33-37-83(99-79)94(68-53-71(105-45-41-59(5)6)56-72(54-68)106-46-42-60(7)8)84-38-34-80(100-84)92(78-32-36-82(93)98-78)66-49-63(11)90(64(12)50-66)96-75-25-17-21-29-87(75)102(14)88-30-22-18-26-76(88)96/h15-38,47-60H,39-46H2,1-14H3,(H,97,98,99,100)/q+1/p+1. The molecule has 534 valence electrons. The van der Waals surface area contributed by atoms with Crippen molar-refractivity contribution in [3.63, 3.8) is 0 Å². The van der Waals surface area contributed by atoms with Crippen LogP contribution in [0.25, 0.3) is 157 Å². The first-order valence-electron chi connectivity index (χ1n) is 38.1. The molecular formula is C96H98N6O4+2. The minimum absolute atomic E-state index is 0.466. The van der Waals surface area contributed by atoms with Crippen LogP contribution in [0.1, 0.15) is 126 Å². The molecule has 0 amide bonds. The molecule has 0 saturated heterocycles. The smallest absolute Gasteiger partial charge is 0.213 e. The van der Waals surface area contributed by atoms with Crippen molar-refractivity contribution in [3.05, 3.63) is 227 Å². The molecule has 106 heavy (non-hydrogen) atoms. The van der Waals surface area contributed by atoms with Gasteiger partial charge in [0.05, 0.1) is 70.7 Å². The Morgan fingerprint density at radius 2 is 0.547 bits per heavy atom. The summed E-state index contributed by atoms with van der Waals surface area (Å²) in [5, 5.41) is 4.83. The van der Waals surface area contributed by atoms with Crippen LogP contribution in [-0.4, -0.2) is 46.4 Å². The van der Waals surface area contributed by atoms with E-state index in [0.29, 0.717) is 50.1 Å². The highest BCUT2D eigenvalue weighted by atomic mass is 16.5. The van der Waals surface area contributed by atoms with Crippen molar-refractivity contribution >= 4 is 90.0 Å². The van der Waals surface area contributed by atoms with Crippen molar-refractivity contribution < 1.29 is 28.1 Å². The highest BCUT2D eigenvalue weighted by Gasteiger charge is 2.28. The number of hydrogen-bond donors (Lipinski definition) is 2. The number of rotatable bonds is 22. The minimum Gasteiger partial charge on any atom is -0.493 e. The van der Waals surface area contributed by atoms with Crippen LogP contribution in [0.3, 0.4) is 0 Å². The first kappa shape index (κ1) is 70.6. The van der Waals surface area contributed by atoms with Crippen molar-refractivity contribution in [1.82, 2.24) is 19.9 Å². The van der Waals surface area contributed by atoms with Crippen LogP contribution in [0.5, 0.6) is 23.0 Å². The van der Waals surface area contributed by atoms with Crippen LogP contribution in [-0.2, 0) is 14.1 Å². The largest absolute Gasteiger partial charge is 0.493 e. The second-order valence-electron chi connectivity index (χ2n) is 30.9. The van der Waals surface area contributed by atoms with Crippen LogP contribution >= 0.6 is 0 Å². The van der Waals surface area contributed by atoms with E-state index in [4.69, 9.17) is 28.9 Å². The highest BCUT2D eigenvalue weighted by molar-refractivity contribution is 6.11. The first-order valence-corrected chi connectivity index (χ1v) is 38.1. The lowest BCUT2D eigenvalue weighted by Gasteiger charge is -2.17. The van der Waals surface area contributed by atoms with Crippen LogP contribution in [0, 0.1) is 51.4 Å². The van der Waals surface area contributed by atoms with Crippen molar-refractivity contribution in [2.75, 3.05) is 26.4 Å². The highest BCUT2D eigenvalue weighted by Crippen LogP contribution is 2.47. The number of benzene rings is 8. The molecule has 8 aromatic carbocycles. The monoisotopic (exact) mass is 1400 g/mol. The number of aromatic nitrogens is 6. The van der Waals surface area contributed by atoms with E-state index < -0.39 is 0 Å². The zero-order valence-electron chi connectivity index (χ0n) is 64.0. The Morgan fingerprint density at radius 1 is 0.292 bits per heavy atom. The number of aryl methyl sites for hydroxylation is 6. The third-order valence-corrected chi connectivity index (χ3v) is 21.2. The van der Waals surface area contributed by atoms with Crippen LogP contribution in [0.2, 0.25) is 0 Å². The Morgan fingerprint density at radius 3 is 0.840 bits per heavy atom. The van der Waals surface area contributed by atoms with Crippen molar-refractivity contribution in [1.29, 1.82) is 0 Å². The molecule has 0 saturated carbocycles. The molecule has 0 fully saturated rings. The number of fused-ring (bicyclic) bond motifs is 12. The van der Waals surface area contributed by atoms with Crippen LogP contribution in [0.15, 0.2) is 182 Å². The molecule has 0 spiro atoms. The van der Waals surface area contributed by atoms with Crippen molar-refractivity contribution in [2.24, 2.45) is 37.8 Å². The molecule has 0 atom stereocenters. The van der Waals surface area contributed by atoms with Gasteiger partial charge in [-0.3, -0.25) is 0 Å². The molecular weight excluding hydrogens is 1300 g/mol. The Balaban J connectivity index is 1.04. The van der Waals surface area contributed by atoms with Gasteiger partial charge in [-0.25, -0.2) is 9.97 Å². The van der Waals surface area contributed by atoms with Gasteiger partial charge in [-0.05, 0) is 230 Å². The maximum absolute atomic E-state index is 6.74. The Kier molecular flexibility index (Phi) is 19.8. The van der Waals surface area contributed by atoms with Gasteiger partial charge in [0.2, 0.25) is 22.1 Å². The molecule has 2 N–H and O–H groups in total. The maximum atomic E-state index is 6.74. The van der Waals surface area contributed by atoms with E-state index in [2.05, 4.69) is 323 Å². The summed E-state index contributed by atoms with van der Waals surface area (Å²) in [6.45, 7) is 29.3. The lowest BCUT2D eigenvalue weighted by Crippen LogP contribution is -2.30. The summed E-state index contributed by atoms with van der Waals surface area (Å²) >= 11 is 0. The molecule has 8 bridgehead atoms. The maximum Gasteiger partial charge on any atom is 0.213 e. The van der Waals surface area contributed by atoms with Crippen molar-refractivity contribution in [3.8, 4) is 89.8 Å². The van der Waals surface area contributed by atoms with Gasteiger partial charge in [-0.1, -0.05) is 128 Å². The number of nitrogens with one attached hydrogen (secondary N) is 2. The second kappa shape index (κ2) is 29.8. The SMILES string of the molecule is Cc1cc(-c2c3nc(c(-c4cc(OCCC(C)C)cc(OCCC(C)C)c4)c4ccc([nH]4)c(-c4cc(C)c(-c5c6ccccc6[n+](C)c6ccccc56)c(C)c4)c4ccc([nH]4)c(-c4cc(OCCC(C)C)cc(OCCC(C)C)c4)c4nc2C=C4)C=C3)cc(C)c1-c1c2ccccc2[n+](C)c2ccccc12. The number of nitrogens with zero attached hydrogens (tertiary/aromatic N) is 4. The van der Waals surface area contributed by atoms with E-state index in [9.17, 15) is 0 Å². The average Bonchev–Trinajstić information content (AvgIpc) is 0.919. The van der Waals surface area contributed by atoms with E-state index in [1.807, 2.05) is 0 Å². The number of H-pyrrole nitrogens is 2. The van der Waals surface area contributed by atoms with Gasteiger partial charge >= 0.3 is 0 Å². The van der Waals surface area contributed by atoms with Gasteiger partial charge in [-0.2, -0.15) is 9.13 Å². The minimum atomic E-state index is 0.466. The molecule has 5 aromatic heterocycles. The number of ether oxygens (including phenoxy) is 4. The Labute approximate surface area is 624 Å². The fourth-order valence-electron chi connectivity index (χ4n) is 15.8. The van der Waals surface area contributed by atoms with Gasteiger partial charge in [-0.15, -0.1) is 0 Å². The number of pyridine rings is 2. The van der Waals surface area contributed by atoms with E-state index >= 15 is 0 Å². The average molecular weight is 1400 g/mol. The molecule has 0 aliphatic carbocycles. The van der Waals surface area contributed by atoms with Gasteiger partial charge in [0.1, 0.15) is 37.1 Å². The normalized spacial score (nSPS) is 12.2. The third-order valence-electron chi connectivity index (χ3n) is 21.2. The molecule has 2 aliphatic heterocycles. The Hall–Kier alpha value is -11.1. The zero-order valence-corrected chi connectivity index (χ0v) is 64.0. The molecule has 0 radical (unpaired) electrons. The molecule has 7 heterocycles. The van der Waals surface area contributed by atoms with E-state index in [0.717, 1.165) is 149 Å². The summed E-state index contributed by atoms with van der Waals surface area (Å²) in [7, 11) is 4.35. The second-order valence-corrected chi connectivity index (χ2v) is 30.9. The molecule has 13 aromatic rings. The summed E-state index contributed by atoms with van der Waals surface area (Å²) < 4.78 is 31.6. The quantitative estimate of drug-likeness (QED) is 0.0518. The summed E-state index contributed by atoms with van der Waals surface area (Å²) in [5.41, 5.74) is 28.6. The topological polar surface area (TPSA) is 102 Å². The van der Waals surface area contributed by atoms with E-state index in [1.54, 1.807) is 0 Å². The van der Waals surface area contributed by atoms with Crippen LogP contribution in [0.4, 0.5) is 0 Å². The van der Waals surface area contributed by atoms with Crippen molar-refractivity contribution in [2.45, 2.75) is 109 Å². The van der Waals surface area contributed by atoms with Crippen LogP contribution < -0.4 is 28.1 Å². The fraction of sp³-hybridized carbons (Fsp3) is 0.271. The number of aromatic amines is 2. The first-order chi connectivity index (χ1) is 51.3. The summed E-state index contributed by atoms with van der Waals surface area (Å²) in [4.78, 5) is 20.0. The van der Waals surface area contributed by atoms with Gasteiger partial charge < -0.3 is 28.9 Å². The van der Waals surface area contributed by atoms with E-state index in [-0.39, 0.29) is 0 Å². The van der Waals surface area contributed by atoms with Gasteiger partial charge in [0, 0.05) is 91.8 Å². The molecule has 10 heteroatoms. The van der Waals surface area contributed by atoms with Gasteiger partial charge in [0.15, 0.2) is 0 Å². The molecule has 15 rings (SSSR count). The molecule has 10 nitrogen and oxygen atoms in total. The van der Waals surface area contributed by atoms with Gasteiger partial charge in [0.25, 0.3) is 0 Å². The fourth-order valence-corrected chi connectivity index (χ4v) is 15.8. The molecule has 0 unspecified atom stereocenters. The summed E-state index contributed by atoms with van der Waals surface area (Å²) in [5.74, 6) is 4.84. The lowest BCUT2D eigenvalue weighted by molar-refractivity contribution is -0.617. The predicted octanol–water partition coefficient (Wildman–Crippen LogP) is 23.9. The Bertz CT molecular complexity index is 5440. The third kappa shape index (κ3) is 14.0. The number of para-hydroxylation sites is 4. The number of hydrogen-bond acceptors (Lipinski definition) is 6. The molecule has 2 aliphatic rings. The summed E-state index contributed by atoms with van der Waals surface area (Å²) in [6, 6.07) is 66.4. The zero-order chi connectivity index (χ0) is 73.6. The van der Waals surface area contributed by atoms with E-state index in [1.165, 1.54) is 77.0 Å². The predicted molar refractivity (Wildman–Crippen MR) is 443 cm³/mol. The summed E-state index contributed by atoms with van der Waals surface area (Å²) in [6.07, 6.45) is 12.4.